The monoisotopic (exact) mass is 324 g/mol. The van der Waals surface area contributed by atoms with Gasteiger partial charge in [0.05, 0.1) is 6.04 Å². The van der Waals surface area contributed by atoms with Crippen LogP contribution in [0.15, 0.2) is 42.5 Å². The van der Waals surface area contributed by atoms with Crippen LogP contribution in [0.25, 0.3) is 10.8 Å². The van der Waals surface area contributed by atoms with Gasteiger partial charge in [-0.3, -0.25) is 10.1 Å². The van der Waals surface area contributed by atoms with E-state index < -0.39 is 0 Å². The second-order valence-electron chi connectivity index (χ2n) is 7.19. The normalized spacial score (nSPS) is 18.5. The molecular formula is C21H28N2O. The SMILES string of the molecule is CC1CCN(C(=O)C(C)NC(C)c2cccc3ccccc23)CC1. The Morgan fingerprint density at radius 2 is 1.75 bits per heavy atom. The van der Waals surface area contributed by atoms with Crippen molar-refractivity contribution in [2.75, 3.05) is 13.1 Å². The predicted molar refractivity (Wildman–Crippen MR) is 99.9 cm³/mol. The fourth-order valence-electron chi connectivity index (χ4n) is 3.67. The van der Waals surface area contributed by atoms with Gasteiger partial charge in [0.1, 0.15) is 0 Å². The molecule has 24 heavy (non-hydrogen) atoms. The van der Waals surface area contributed by atoms with Crippen LogP contribution in [0, 0.1) is 5.92 Å². The molecule has 0 radical (unpaired) electrons. The van der Waals surface area contributed by atoms with Crippen LogP contribution >= 0.6 is 0 Å². The number of rotatable bonds is 4. The third kappa shape index (κ3) is 3.62. The van der Waals surface area contributed by atoms with E-state index >= 15 is 0 Å². The maximum Gasteiger partial charge on any atom is 0.239 e. The van der Waals surface area contributed by atoms with Crippen LogP contribution in [-0.4, -0.2) is 29.9 Å². The van der Waals surface area contributed by atoms with E-state index in [-0.39, 0.29) is 18.0 Å². The molecule has 3 nitrogen and oxygen atoms in total. The second kappa shape index (κ2) is 7.35. The zero-order chi connectivity index (χ0) is 17.1. The van der Waals surface area contributed by atoms with E-state index in [1.807, 2.05) is 11.8 Å². The Bertz CT molecular complexity index is 699. The van der Waals surface area contributed by atoms with Gasteiger partial charge in [-0.25, -0.2) is 0 Å². The van der Waals surface area contributed by atoms with Gasteiger partial charge in [-0.05, 0) is 48.9 Å². The van der Waals surface area contributed by atoms with Crippen molar-refractivity contribution < 1.29 is 4.79 Å². The van der Waals surface area contributed by atoms with Crippen molar-refractivity contribution in [2.45, 2.75) is 45.7 Å². The number of benzene rings is 2. The highest BCUT2D eigenvalue weighted by atomic mass is 16.2. The second-order valence-corrected chi connectivity index (χ2v) is 7.19. The first-order chi connectivity index (χ1) is 11.6. The number of hydrogen-bond acceptors (Lipinski definition) is 2. The molecule has 3 heteroatoms. The molecule has 3 rings (SSSR count). The van der Waals surface area contributed by atoms with Gasteiger partial charge in [-0.2, -0.15) is 0 Å². The summed E-state index contributed by atoms with van der Waals surface area (Å²) in [4.78, 5) is 14.7. The fourth-order valence-corrected chi connectivity index (χ4v) is 3.67. The van der Waals surface area contributed by atoms with Crippen LogP contribution in [-0.2, 0) is 4.79 Å². The van der Waals surface area contributed by atoms with Gasteiger partial charge in [0.15, 0.2) is 0 Å². The zero-order valence-corrected chi connectivity index (χ0v) is 15.0. The van der Waals surface area contributed by atoms with Crippen LogP contribution in [0.5, 0.6) is 0 Å². The highest BCUT2D eigenvalue weighted by Gasteiger charge is 2.25. The quantitative estimate of drug-likeness (QED) is 0.917. The van der Waals surface area contributed by atoms with Crippen molar-refractivity contribution >= 4 is 16.7 Å². The molecule has 128 valence electrons. The first kappa shape index (κ1) is 17.0. The number of hydrogen-bond donors (Lipinski definition) is 1. The fraction of sp³-hybridized carbons (Fsp3) is 0.476. The lowest BCUT2D eigenvalue weighted by Crippen LogP contribution is -2.48. The minimum atomic E-state index is -0.160. The van der Waals surface area contributed by atoms with Crippen molar-refractivity contribution in [3.05, 3.63) is 48.0 Å². The van der Waals surface area contributed by atoms with Crippen molar-refractivity contribution in [1.82, 2.24) is 10.2 Å². The van der Waals surface area contributed by atoms with Gasteiger partial charge in [0, 0.05) is 19.1 Å². The average Bonchev–Trinajstić information content (AvgIpc) is 2.61. The summed E-state index contributed by atoms with van der Waals surface area (Å²) in [5.41, 5.74) is 1.25. The lowest BCUT2D eigenvalue weighted by Gasteiger charge is -2.33. The number of piperidine rings is 1. The summed E-state index contributed by atoms with van der Waals surface area (Å²) in [6.45, 7) is 8.20. The average molecular weight is 324 g/mol. The molecule has 1 N–H and O–H groups in total. The first-order valence-electron chi connectivity index (χ1n) is 9.08. The number of carbonyl (C=O) groups excluding carboxylic acids is 1. The number of likely N-dealkylation sites (tertiary alicyclic amines) is 1. The molecule has 1 aliphatic rings. The third-order valence-electron chi connectivity index (χ3n) is 5.26. The topological polar surface area (TPSA) is 32.3 Å². The van der Waals surface area contributed by atoms with Gasteiger partial charge in [0.2, 0.25) is 5.91 Å². The van der Waals surface area contributed by atoms with Gasteiger partial charge in [0.25, 0.3) is 0 Å². The molecular weight excluding hydrogens is 296 g/mol. The smallest absolute Gasteiger partial charge is 0.239 e. The van der Waals surface area contributed by atoms with Gasteiger partial charge < -0.3 is 4.90 Å². The van der Waals surface area contributed by atoms with E-state index in [2.05, 4.69) is 61.6 Å². The summed E-state index contributed by atoms with van der Waals surface area (Å²) >= 11 is 0. The van der Waals surface area contributed by atoms with Crippen molar-refractivity contribution in [1.29, 1.82) is 0 Å². The Labute approximate surface area is 145 Å². The van der Waals surface area contributed by atoms with E-state index in [1.54, 1.807) is 0 Å². The minimum absolute atomic E-state index is 0.138. The van der Waals surface area contributed by atoms with Crippen LogP contribution < -0.4 is 5.32 Å². The molecule has 0 saturated carbocycles. The van der Waals surface area contributed by atoms with Crippen LogP contribution in [0.3, 0.4) is 0 Å². The molecule has 1 amide bonds. The van der Waals surface area contributed by atoms with E-state index in [4.69, 9.17) is 0 Å². The molecule has 1 saturated heterocycles. The summed E-state index contributed by atoms with van der Waals surface area (Å²) < 4.78 is 0. The number of carbonyl (C=O) groups is 1. The van der Waals surface area contributed by atoms with Crippen molar-refractivity contribution in [3.8, 4) is 0 Å². The molecule has 0 spiro atoms. The van der Waals surface area contributed by atoms with Crippen LogP contribution in [0.2, 0.25) is 0 Å². The van der Waals surface area contributed by atoms with Crippen molar-refractivity contribution in [2.24, 2.45) is 5.92 Å². The molecule has 0 aromatic heterocycles. The summed E-state index contributed by atoms with van der Waals surface area (Å²) in [5, 5.41) is 6.00. The molecule has 1 heterocycles. The predicted octanol–water partition coefficient (Wildman–Crippen LogP) is 4.14. The van der Waals surface area contributed by atoms with E-state index in [1.165, 1.54) is 16.3 Å². The maximum atomic E-state index is 12.7. The standard InChI is InChI=1S/C21H28N2O/c1-15-11-13-23(14-12-15)21(24)17(3)22-16(2)19-10-6-8-18-7-4-5-9-20(18)19/h4-10,15-17,22H,11-14H2,1-3H3. The molecule has 0 aliphatic carbocycles. The lowest BCUT2D eigenvalue weighted by molar-refractivity contribution is -0.134. The molecule has 2 unspecified atom stereocenters. The Balaban J connectivity index is 1.69. The van der Waals surface area contributed by atoms with Gasteiger partial charge in [-0.15, -0.1) is 0 Å². The minimum Gasteiger partial charge on any atom is -0.341 e. The Morgan fingerprint density at radius 3 is 2.50 bits per heavy atom. The highest BCUT2D eigenvalue weighted by Crippen LogP contribution is 2.24. The Kier molecular flexibility index (Phi) is 5.20. The summed E-state index contributed by atoms with van der Waals surface area (Å²) in [6.07, 6.45) is 2.24. The van der Waals surface area contributed by atoms with Crippen LogP contribution in [0.1, 0.15) is 45.2 Å². The Hall–Kier alpha value is -1.87. The van der Waals surface area contributed by atoms with Crippen molar-refractivity contribution in [3.63, 3.8) is 0 Å². The van der Waals surface area contributed by atoms with E-state index in [0.29, 0.717) is 0 Å². The Morgan fingerprint density at radius 1 is 1.08 bits per heavy atom. The van der Waals surface area contributed by atoms with Gasteiger partial charge >= 0.3 is 0 Å². The lowest BCUT2D eigenvalue weighted by atomic mass is 9.98. The van der Waals surface area contributed by atoms with E-state index in [0.717, 1.165) is 31.8 Å². The summed E-state index contributed by atoms with van der Waals surface area (Å²) in [5.74, 6) is 0.973. The van der Waals surface area contributed by atoms with Gasteiger partial charge in [-0.1, -0.05) is 49.4 Å². The molecule has 1 aliphatic heterocycles. The largest absolute Gasteiger partial charge is 0.341 e. The van der Waals surface area contributed by atoms with Crippen LogP contribution in [0.4, 0.5) is 0 Å². The maximum absolute atomic E-state index is 12.7. The summed E-state index contributed by atoms with van der Waals surface area (Å²) in [6, 6.07) is 14.8. The first-order valence-corrected chi connectivity index (χ1v) is 9.08. The molecule has 2 aromatic carbocycles. The third-order valence-corrected chi connectivity index (χ3v) is 5.26. The van der Waals surface area contributed by atoms with E-state index in [9.17, 15) is 4.79 Å². The molecule has 2 atom stereocenters. The summed E-state index contributed by atoms with van der Waals surface area (Å²) in [7, 11) is 0. The number of nitrogens with one attached hydrogen (secondary N) is 1. The number of nitrogens with zero attached hydrogens (tertiary/aromatic N) is 1. The molecule has 1 fully saturated rings. The molecule has 2 aromatic rings. The molecule has 0 bridgehead atoms. The highest BCUT2D eigenvalue weighted by molar-refractivity contribution is 5.86. The number of fused-ring (bicyclic) bond motifs is 1. The zero-order valence-electron chi connectivity index (χ0n) is 15.0. The number of amides is 1.